The number of carbonyl (C=O) groups excluding carboxylic acids is 2. The normalized spacial score (nSPS) is 19.2. The van der Waals surface area contributed by atoms with Gasteiger partial charge in [0.25, 0.3) is 0 Å². The topological polar surface area (TPSA) is 37.4 Å². The second-order valence-corrected chi connectivity index (χ2v) is 6.64. The van der Waals surface area contributed by atoms with Gasteiger partial charge in [0, 0.05) is 36.6 Å². The minimum Gasteiger partial charge on any atom is -0.341 e. The Morgan fingerprint density at radius 2 is 1.81 bits per heavy atom. The first kappa shape index (κ1) is 14.4. The molecule has 0 spiro atoms. The molecule has 3 rings (SSSR count). The Hall–Kier alpha value is -1.55. The van der Waals surface area contributed by atoms with E-state index in [1.807, 2.05) is 47.0 Å². The van der Waals surface area contributed by atoms with Crippen LogP contribution in [0.3, 0.4) is 0 Å². The summed E-state index contributed by atoms with van der Waals surface area (Å²) >= 11 is 1.88. The fraction of sp³-hybridized carbons (Fsp3) is 0.412. The lowest BCUT2D eigenvalue weighted by molar-refractivity contribution is -0.131. The molecule has 0 N–H and O–H groups in total. The van der Waals surface area contributed by atoms with Gasteiger partial charge in [0.2, 0.25) is 5.91 Å². The molecule has 4 heteroatoms. The van der Waals surface area contributed by atoms with Gasteiger partial charge in [-0.05, 0) is 17.6 Å². The van der Waals surface area contributed by atoms with Crippen LogP contribution < -0.4 is 0 Å². The summed E-state index contributed by atoms with van der Waals surface area (Å²) in [7, 11) is 0. The predicted molar refractivity (Wildman–Crippen MR) is 86.1 cm³/mol. The Morgan fingerprint density at radius 1 is 1.10 bits per heavy atom. The molecule has 1 aliphatic carbocycles. The van der Waals surface area contributed by atoms with Crippen LogP contribution in [0.5, 0.6) is 0 Å². The van der Waals surface area contributed by atoms with Crippen LogP contribution >= 0.6 is 11.8 Å². The number of rotatable bonds is 3. The zero-order valence-corrected chi connectivity index (χ0v) is 12.8. The molecule has 1 aromatic rings. The van der Waals surface area contributed by atoms with E-state index in [9.17, 15) is 9.59 Å². The lowest BCUT2D eigenvalue weighted by Crippen LogP contribution is -2.38. The van der Waals surface area contributed by atoms with E-state index in [0.29, 0.717) is 6.42 Å². The summed E-state index contributed by atoms with van der Waals surface area (Å²) in [6.07, 6.45) is 1.58. The number of hydrogen-bond donors (Lipinski definition) is 0. The standard InChI is InChI=1S/C17H19NO2S/c19-16-7-6-14(13-4-2-1-3-5-13)15(16)12-17(20)18-8-10-21-11-9-18/h1-5H,6-12H2. The lowest BCUT2D eigenvalue weighted by Gasteiger charge is -2.26. The number of amides is 1. The number of allylic oxidation sites excluding steroid dienone is 1. The van der Waals surface area contributed by atoms with E-state index in [1.54, 1.807) is 0 Å². The van der Waals surface area contributed by atoms with Crippen molar-refractivity contribution in [3.05, 3.63) is 41.5 Å². The number of ketones is 1. The molecule has 0 radical (unpaired) electrons. The van der Waals surface area contributed by atoms with E-state index in [-0.39, 0.29) is 18.1 Å². The van der Waals surface area contributed by atoms with Gasteiger partial charge in [0.05, 0.1) is 6.42 Å². The molecule has 0 saturated carbocycles. The van der Waals surface area contributed by atoms with E-state index in [2.05, 4.69) is 0 Å². The average molecular weight is 301 g/mol. The zero-order valence-electron chi connectivity index (χ0n) is 12.0. The first-order valence-corrected chi connectivity index (χ1v) is 8.57. The van der Waals surface area contributed by atoms with Gasteiger partial charge in [-0.15, -0.1) is 0 Å². The van der Waals surface area contributed by atoms with Gasteiger partial charge >= 0.3 is 0 Å². The molecule has 110 valence electrons. The first-order valence-electron chi connectivity index (χ1n) is 7.42. The lowest BCUT2D eigenvalue weighted by atomic mass is 9.99. The number of hydrogen-bond acceptors (Lipinski definition) is 3. The summed E-state index contributed by atoms with van der Waals surface area (Å²) in [6, 6.07) is 9.97. The molecule has 1 fully saturated rings. The molecule has 1 aliphatic heterocycles. The highest BCUT2D eigenvalue weighted by atomic mass is 32.2. The van der Waals surface area contributed by atoms with Gasteiger partial charge in [0.15, 0.2) is 5.78 Å². The van der Waals surface area contributed by atoms with E-state index in [0.717, 1.165) is 47.7 Å². The maximum Gasteiger partial charge on any atom is 0.227 e. The fourth-order valence-electron chi connectivity index (χ4n) is 2.95. The number of nitrogens with zero attached hydrogens (tertiary/aromatic N) is 1. The molecule has 1 aromatic carbocycles. The third-order valence-electron chi connectivity index (χ3n) is 4.12. The predicted octanol–water partition coefficient (Wildman–Crippen LogP) is 2.77. The van der Waals surface area contributed by atoms with Crippen molar-refractivity contribution in [2.45, 2.75) is 19.3 Å². The highest BCUT2D eigenvalue weighted by Gasteiger charge is 2.27. The molecule has 0 atom stereocenters. The number of carbonyl (C=O) groups is 2. The van der Waals surface area contributed by atoms with Crippen molar-refractivity contribution in [1.29, 1.82) is 0 Å². The third kappa shape index (κ3) is 3.21. The minimum atomic E-state index is 0.106. The smallest absolute Gasteiger partial charge is 0.227 e. The van der Waals surface area contributed by atoms with Gasteiger partial charge in [-0.1, -0.05) is 30.3 Å². The van der Waals surface area contributed by atoms with Crippen LogP contribution in [-0.2, 0) is 9.59 Å². The van der Waals surface area contributed by atoms with Crippen molar-refractivity contribution in [3.8, 4) is 0 Å². The molecule has 0 aromatic heterocycles. The molecule has 21 heavy (non-hydrogen) atoms. The molecular weight excluding hydrogens is 282 g/mol. The fourth-order valence-corrected chi connectivity index (χ4v) is 3.85. The minimum absolute atomic E-state index is 0.106. The molecule has 0 bridgehead atoms. The highest BCUT2D eigenvalue weighted by molar-refractivity contribution is 7.99. The van der Waals surface area contributed by atoms with Gasteiger partial charge in [-0.3, -0.25) is 9.59 Å². The Bertz CT molecular complexity index is 574. The van der Waals surface area contributed by atoms with E-state index >= 15 is 0 Å². The molecule has 2 aliphatic rings. The van der Waals surface area contributed by atoms with Crippen LogP contribution in [0, 0.1) is 0 Å². The Kier molecular flexibility index (Phi) is 4.44. The van der Waals surface area contributed by atoms with Crippen LogP contribution in [0.4, 0.5) is 0 Å². The Balaban J connectivity index is 1.80. The van der Waals surface area contributed by atoms with Crippen molar-refractivity contribution < 1.29 is 9.59 Å². The summed E-state index contributed by atoms with van der Waals surface area (Å²) in [4.78, 5) is 26.5. The monoisotopic (exact) mass is 301 g/mol. The van der Waals surface area contributed by atoms with Crippen molar-refractivity contribution >= 4 is 29.0 Å². The van der Waals surface area contributed by atoms with Crippen LogP contribution in [0.1, 0.15) is 24.8 Å². The Labute approximate surface area is 129 Å². The van der Waals surface area contributed by atoms with Gasteiger partial charge < -0.3 is 4.90 Å². The molecule has 1 saturated heterocycles. The molecule has 3 nitrogen and oxygen atoms in total. The van der Waals surface area contributed by atoms with Gasteiger partial charge in [-0.25, -0.2) is 0 Å². The number of thioether (sulfide) groups is 1. The zero-order chi connectivity index (χ0) is 14.7. The van der Waals surface area contributed by atoms with E-state index in [1.165, 1.54) is 0 Å². The second-order valence-electron chi connectivity index (χ2n) is 5.42. The van der Waals surface area contributed by atoms with E-state index < -0.39 is 0 Å². The van der Waals surface area contributed by atoms with Gasteiger partial charge in [0.1, 0.15) is 0 Å². The molecular formula is C17H19NO2S. The summed E-state index contributed by atoms with van der Waals surface area (Å²) in [5.74, 6) is 2.26. The van der Waals surface area contributed by atoms with Crippen LogP contribution in [0.15, 0.2) is 35.9 Å². The summed E-state index contributed by atoms with van der Waals surface area (Å²) in [5, 5.41) is 0. The van der Waals surface area contributed by atoms with Crippen molar-refractivity contribution in [2.75, 3.05) is 24.6 Å². The van der Waals surface area contributed by atoms with Gasteiger partial charge in [-0.2, -0.15) is 11.8 Å². The van der Waals surface area contributed by atoms with Crippen LogP contribution in [0.2, 0.25) is 0 Å². The van der Waals surface area contributed by atoms with Crippen molar-refractivity contribution in [3.63, 3.8) is 0 Å². The molecule has 0 unspecified atom stereocenters. The largest absolute Gasteiger partial charge is 0.341 e. The second kappa shape index (κ2) is 6.48. The first-order chi connectivity index (χ1) is 10.3. The number of Topliss-reactive ketones (excluding diaryl/α,β-unsaturated/α-hetero) is 1. The Morgan fingerprint density at radius 3 is 2.52 bits per heavy atom. The molecule has 1 heterocycles. The van der Waals surface area contributed by atoms with Crippen LogP contribution in [0.25, 0.3) is 5.57 Å². The van der Waals surface area contributed by atoms with E-state index in [4.69, 9.17) is 0 Å². The summed E-state index contributed by atoms with van der Waals surface area (Å²) in [6.45, 7) is 1.62. The van der Waals surface area contributed by atoms with Crippen LogP contribution in [-0.4, -0.2) is 41.2 Å². The number of benzene rings is 1. The van der Waals surface area contributed by atoms with Crippen molar-refractivity contribution in [1.82, 2.24) is 4.90 Å². The SMILES string of the molecule is O=C1CCC(c2ccccc2)=C1CC(=O)N1CCSCC1. The maximum atomic E-state index is 12.4. The molecule has 1 amide bonds. The summed E-state index contributed by atoms with van der Waals surface area (Å²) in [5.41, 5.74) is 2.89. The third-order valence-corrected chi connectivity index (χ3v) is 5.06. The highest BCUT2D eigenvalue weighted by Crippen LogP contribution is 2.33. The maximum absolute atomic E-state index is 12.4. The van der Waals surface area contributed by atoms with Crippen molar-refractivity contribution in [2.24, 2.45) is 0 Å². The average Bonchev–Trinajstić information content (AvgIpc) is 2.90. The quantitative estimate of drug-likeness (QED) is 0.861. The summed E-state index contributed by atoms with van der Waals surface area (Å²) < 4.78 is 0.